The smallest absolute Gasteiger partial charge is 0.252 e. The molecule has 12 heteroatoms. The number of anilines is 2. The molecule has 4 rings (SSSR count). The molecule has 2 aliphatic heterocycles. The third-order valence-electron chi connectivity index (χ3n) is 5.15. The van der Waals surface area contributed by atoms with E-state index in [1.54, 1.807) is 49.1 Å². The summed E-state index contributed by atoms with van der Waals surface area (Å²) >= 11 is 0. The lowest BCUT2D eigenvalue weighted by Crippen LogP contribution is -2.48. The Morgan fingerprint density at radius 2 is 2.15 bits per heavy atom. The molecule has 0 radical (unpaired) electrons. The quantitative estimate of drug-likeness (QED) is 0.426. The van der Waals surface area contributed by atoms with Crippen LogP contribution in [0, 0.1) is 0 Å². The molecule has 0 spiro atoms. The normalized spacial score (nSPS) is 18.1. The number of nitrogens with two attached hydrogens (primary N) is 1. The van der Waals surface area contributed by atoms with E-state index in [4.69, 9.17) is 10.5 Å². The van der Waals surface area contributed by atoms with Crippen LogP contribution in [0.1, 0.15) is 42.6 Å². The van der Waals surface area contributed by atoms with Gasteiger partial charge in [0.05, 0.1) is 16.8 Å². The molecule has 2 aliphatic rings. The molecule has 0 bridgehead atoms. The van der Waals surface area contributed by atoms with Crippen LogP contribution in [0.2, 0.25) is 0 Å². The van der Waals surface area contributed by atoms with Gasteiger partial charge in [-0.1, -0.05) is 6.07 Å². The first-order valence-electron chi connectivity index (χ1n) is 10.3. The Labute approximate surface area is 192 Å². The van der Waals surface area contributed by atoms with Gasteiger partial charge in [-0.25, -0.2) is 4.98 Å². The molecule has 176 valence electrons. The molecule has 6 N–H and O–H groups in total. The zero-order chi connectivity index (χ0) is 23.8. The van der Waals surface area contributed by atoms with Gasteiger partial charge in [-0.05, 0) is 55.5 Å². The summed E-state index contributed by atoms with van der Waals surface area (Å²) < 4.78 is 31.7. The number of amides is 2. The van der Waals surface area contributed by atoms with Gasteiger partial charge in [-0.2, -0.15) is 0 Å². The molecular weight excluding hydrogens is 448 g/mol. The molecule has 2 aromatic rings. The van der Waals surface area contributed by atoms with E-state index >= 15 is 0 Å². The van der Waals surface area contributed by atoms with Crippen molar-refractivity contribution in [3.63, 3.8) is 0 Å². The second-order valence-corrected chi connectivity index (χ2v) is 9.88. The minimum Gasteiger partial charge on any atom is -0.490 e. The summed E-state index contributed by atoms with van der Waals surface area (Å²) in [6.07, 6.45) is 2.76. The highest BCUT2D eigenvalue weighted by Gasteiger charge is 2.28. The van der Waals surface area contributed by atoms with Crippen LogP contribution >= 0.6 is 11.0 Å². The summed E-state index contributed by atoms with van der Waals surface area (Å²) in [6.45, 7) is 4.30. The fraction of sp³-hybridized carbons (Fsp3) is 0.333. The molecule has 1 fully saturated rings. The molecule has 0 unspecified atom stereocenters. The van der Waals surface area contributed by atoms with Crippen molar-refractivity contribution in [2.24, 2.45) is 10.1 Å². The van der Waals surface area contributed by atoms with Gasteiger partial charge in [0, 0.05) is 24.7 Å². The summed E-state index contributed by atoms with van der Waals surface area (Å²) in [5.41, 5.74) is 6.34. The molecule has 2 amide bonds. The molecule has 0 aliphatic carbocycles. The van der Waals surface area contributed by atoms with Gasteiger partial charge in [-0.15, -0.1) is 4.40 Å². The van der Waals surface area contributed by atoms with Gasteiger partial charge >= 0.3 is 0 Å². The number of aromatic nitrogens is 1. The van der Waals surface area contributed by atoms with Crippen LogP contribution in [-0.4, -0.2) is 50.4 Å². The third-order valence-corrected chi connectivity index (χ3v) is 6.10. The summed E-state index contributed by atoms with van der Waals surface area (Å²) in [5, 5.41) is 2.93. The maximum atomic E-state index is 12.9. The predicted molar refractivity (Wildman–Crippen MR) is 127 cm³/mol. The number of hydrogen-bond donors (Lipinski definition) is 5. The molecule has 11 nitrogen and oxygen atoms in total. The van der Waals surface area contributed by atoms with E-state index in [1.165, 1.54) is 6.20 Å². The first-order valence-corrected chi connectivity index (χ1v) is 11.8. The first-order chi connectivity index (χ1) is 15.5. The van der Waals surface area contributed by atoms with Crippen LogP contribution in [0.25, 0.3) is 0 Å². The fourth-order valence-electron chi connectivity index (χ4n) is 3.63. The number of amidine groups is 1. The summed E-state index contributed by atoms with van der Waals surface area (Å²) in [7, 11) is -3.39. The fourth-order valence-corrected chi connectivity index (χ4v) is 4.50. The Bertz CT molecular complexity index is 1140. The lowest BCUT2D eigenvalue weighted by atomic mass is 10.1. The minimum atomic E-state index is -3.39. The Hall–Kier alpha value is -3.35. The lowest BCUT2D eigenvalue weighted by molar-refractivity contribution is -0.117. The van der Waals surface area contributed by atoms with E-state index in [2.05, 4.69) is 19.4 Å². The third kappa shape index (κ3) is 5.02. The molecule has 33 heavy (non-hydrogen) atoms. The average Bonchev–Trinajstić information content (AvgIpc) is 3.17. The largest absolute Gasteiger partial charge is 0.490 e. The van der Waals surface area contributed by atoms with E-state index in [0.717, 1.165) is 6.42 Å². The van der Waals surface area contributed by atoms with Crippen LogP contribution in [0.3, 0.4) is 0 Å². The predicted octanol–water partition coefficient (Wildman–Crippen LogP) is 2.51. The number of nitrogens with zero attached hydrogens (tertiary/aromatic N) is 3. The number of nitrogens with one attached hydrogen (secondary N) is 2. The number of carbonyl (C=O) groups is 2. The second-order valence-electron chi connectivity index (χ2n) is 8.45. The van der Waals surface area contributed by atoms with Gasteiger partial charge in [0.25, 0.3) is 5.91 Å². The van der Waals surface area contributed by atoms with E-state index in [0.29, 0.717) is 41.3 Å². The Kier molecular flexibility index (Phi) is 5.91. The van der Waals surface area contributed by atoms with E-state index in [1.807, 2.05) is 0 Å². The number of benzene rings is 1. The standard InChI is InChI=1S/C21H26N6O5S/c1-21(2,12-32-15-6-3-5-14-18(15)19(22)26-33(30,31)25-14)24-20(29)13-8-9-23-16(11-13)27-10-4-7-17(27)28/h3,5-6,8-9,11,25,30-31H,4,7,10,12H2,1-2H3,(H2,22,26)(H,24,29). The van der Waals surface area contributed by atoms with Gasteiger partial charge < -0.3 is 15.8 Å². The van der Waals surface area contributed by atoms with Crippen LogP contribution in [0.5, 0.6) is 5.75 Å². The molecule has 1 aromatic heterocycles. The van der Waals surface area contributed by atoms with Gasteiger partial charge in [-0.3, -0.25) is 28.3 Å². The first kappa shape index (κ1) is 22.8. The van der Waals surface area contributed by atoms with Crippen molar-refractivity contribution in [2.75, 3.05) is 22.8 Å². The maximum Gasteiger partial charge on any atom is 0.252 e. The van der Waals surface area contributed by atoms with E-state index in [9.17, 15) is 18.7 Å². The molecule has 0 atom stereocenters. The zero-order valence-corrected chi connectivity index (χ0v) is 19.1. The lowest BCUT2D eigenvalue weighted by Gasteiger charge is -2.34. The monoisotopic (exact) mass is 474 g/mol. The topological polar surface area (TPSA) is 162 Å². The minimum absolute atomic E-state index is 0.00137. The van der Waals surface area contributed by atoms with Crippen LogP contribution in [0.4, 0.5) is 11.5 Å². The highest BCUT2D eigenvalue weighted by molar-refractivity contribution is 8.24. The Morgan fingerprint density at radius 3 is 2.88 bits per heavy atom. The number of pyridine rings is 1. The van der Waals surface area contributed by atoms with E-state index in [-0.39, 0.29) is 24.3 Å². The highest BCUT2D eigenvalue weighted by Crippen LogP contribution is 2.46. The van der Waals surface area contributed by atoms with Crippen LogP contribution in [-0.2, 0) is 4.79 Å². The van der Waals surface area contributed by atoms with Gasteiger partial charge in [0.15, 0.2) is 5.84 Å². The second kappa shape index (κ2) is 8.54. The Morgan fingerprint density at radius 1 is 1.36 bits per heavy atom. The molecule has 3 heterocycles. The maximum absolute atomic E-state index is 12.9. The highest BCUT2D eigenvalue weighted by atomic mass is 32.3. The average molecular weight is 475 g/mol. The summed E-state index contributed by atoms with van der Waals surface area (Å²) in [5.74, 6) is 0.465. The molecule has 1 saturated heterocycles. The van der Waals surface area contributed by atoms with E-state index < -0.39 is 16.5 Å². The van der Waals surface area contributed by atoms with Gasteiger partial charge in [0.1, 0.15) is 18.2 Å². The number of fused-ring (bicyclic) bond motifs is 1. The van der Waals surface area contributed by atoms with Crippen molar-refractivity contribution in [2.45, 2.75) is 32.2 Å². The van der Waals surface area contributed by atoms with Crippen molar-refractivity contribution in [1.82, 2.24) is 10.3 Å². The zero-order valence-electron chi connectivity index (χ0n) is 18.2. The summed E-state index contributed by atoms with van der Waals surface area (Å²) in [6, 6.07) is 8.19. The van der Waals surface area contributed by atoms with Gasteiger partial charge in [0.2, 0.25) is 5.91 Å². The van der Waals surface area contributed by atoms with Crippen LogP contribution < -0.4 is 25.4 Å². The Balaban J connectivity index is 1.45. The number of ether oxygens (including phenoxy) is 1. The SMILES string of the molecule is CC(C)(COc1cccc2c1C(N)=NS(O)(O)N2)NC(=O)c1ccnc(N2CCCC2=O)c1. The molecular formula is C21H26N6O5S. The summed E-state index contributed by atoms with van der Waals surface area (Å²) in [4.78, 5) is 30.7. The number of rotatable bonds is 6. The van der Waals surface area contributed by atoms with Crippen molar-refractivity contribution >= 4 is 40.1 Å². The molecule has 1 aromatic carbocycles. The van der Waals surface area contributed by atoms with Crippen LogP contribution in [0.15, 0.2) is 40.9 Å². The molecule has 0 saturated carbocycles. The van der Waals surface area contributed by atoms with Crippen molar-refractivity contribution in [3.8, 4) is 5.75 Å². The van der Waals surface area contributed by atoms with Crippen molar-refractivity contribution < 1.29 is 23.4 Å². The van der Waals surface area contributed by atoms with Crippen molar-refractivity contribution in [3.05, 3.63) is 47.7 Å². The number of carbonyl (C=O) groups excluding carboxylic acids is 2. The van der Waals surface area contributed by atoms with Crippen molar-refractivity contribution in [1.29, 1.82) is 0 Å². The number of hydrogen-bond acceptors (Lipinski definition) is 9.